The number of nitrogens with zero attached hydrogens (tertiary/aromatic N) is 2. The van der Waals surface area contributed by atoms with Gasteiger partial charge in [-0.2, -0.15) is 0 Å². The first-order valence-corrected chi connectivity index (χ1v) is 10.7. The first-order valence-electron chi connectivity index (χ1n) is 9.54. The number of aliphatic imine (C=N–C) groups is 1. The highest BCUT2D eigenvalue weighted by molar-refractivity contribution is 8.18. The minimum Gasteiger partial charge on any atom is -0.496 e. The lowest BCUT2D eigenvalue weighted by Gasteiger charge is -2.11. The van der Waals surface area contributed by atoms with E-state index in [0.717, 1.165) is 5.69 Å². The number of benzene rings is 2. The molecule has 1 aliphatic heterocycles. The van der Waals surface area contributed by atoms with Crippen molar-refractivity contribution < 1.29 is 19.4 Å². The van der Waals surface area contributed by atoms with Gasteiger partial charge in [-0.15, -0.1) is 0 Å². The quantitative estimate of drug-likeness (QED) is 0.514. The van der Waals surface area contributed by atoms with Crippen LogP contribution in [0.5, 0.6) is 5.75 Å². The zero-order valence-corrected chi connectivity index (χ0v) is 18.5. The molecule has 2 N–H and O–H groups in total. The molecule has 1 fully saturated rings. The predicted molar refractivity (Wildman–Crippen MR) is 126 cm³/mol. The number of amidine groups is 1. The van der Waals surface area contributed by atoms with Gasteiger partial charge in [0.15, 0.2) is 5.17 Å². The summed E-state index contributed by atoms with van der Waals surface area (Å²) in [5.41, 5.74) is 2.73. The number of aromatic nitrogens is 1. The van der Waals surface area contributed by atoms with E-state index in [0.29, 0.717) is 37.7 Å². The molecule has 0 radical (unpaired) electrons. The van der Waals surface area contributed by atoms with Gasteiger partial charge in [-0.1, -0.05) is 23.7 Å². The van der Waals surface area contributed by atoms with E-state index in [9.17, 15) is 9.59 Å². The van der Waals surface area contributed by atoms with Crippen LogP contribution in [0.1, 0.15) is 11.1 Å². The summed E-state index contributed by atoms with van der Waals surface area (Å²) >= 11 is 7.68. The monoisotopic (exact) mass is 467 g/mol. The third kappa shape index (κ3) is 4.87. The summed E-state index contributed by atoms with van der Waals surface area (Å²) in [7, 11) is 1.56. The third-order valence-corrected chi connectivity index (χ3v) is 5.85. The highest BCUT2D eigenvalue weighted by Gasteiger charge is 2.24. The summed E-state index contributed by atoms with van der Waals surface area (Å²) in [6.45, 7) is 0. The van der Waals surface area contributed by atoms with Gasteiger partial charge in [-0.05, 0) is 53.7 Å². The van der Waals surface area contributed by atoms with Gasteiger partial charge >= 0.3 is 5.97 Å². The molecule has 0 aliphatic carbocycles. The smallest absolute Gasteiger partial charge is 0.307 e. The van der Waals surface area contributed by atoms with Crippen molar-refractivity contribution in [3.05, 3.63) is 82.0 Å². The molecule has 0 spiro atoms. The second-order valence-corrected chi connectivity index (χ2v) is 8.29. The molecular weight excluding hydrogens is 450 g/mol. The van der Waals surface area contributed by atoms with Crippen LogP contribution in [0.25, 0.3) is 11.8 Å². The van der Waals surface area contributed by atoms with Crippen molar-refractivity contribution in [3.8, 4) is 11.4 Å². The van der Waals surface area contributed by atoms with Crippen LogP contribution >= 0.6 is 23.4 Å². The molecule has 3 aromatic rings. The number of nitrogens with one attached hydrogen (secondary N) is 1. The fourth-order valence-corrected chi connectivity index (χ4v) is 4.24. The van der Waals surface area contributed by atoms with Crippen LogP contribution < -0.4 is 10.1 Å². The predicted octanol–water partition coefficient (Wildman–Crippen LogP) is 4.66. The first kappa shape index (κ1) is 21.7. The molecule has 7 nitrogen and oxygen atoms in total. The molecule has 0 atom stereocenters. The van der Waals surface area contributed by atoms with Crippen molar-refractivity contribution in [1.29, 1.82) is 0 Å². The van der Waals surface area contributed by atoms with Gasteiger partial charge in [-0.3, -0.25) is 9.59 Å². The zero-order chi connectivity index (χ0) is 22.7. The van der Waals surface area contributed by atoms with E-state index in [4.69, 9.17) is 21.4 Å². The maximum Gasteiger partial charge on any atom is 0.307 e. The second-order valence-electron chi connectivity index (χ2n) is 6.85. The molecule has 0 saturated carbocycles. The average Bonchev–Trinajstić information content (AvgIpc) is 3.40. The molecule has 1 aliphatic rings. The Hall–Kier alpha value is -3.49. The number of carbonyl (C=O) groups is 2. The highest BCUT2D eigenvalue weighted by Crippen LogP contribution is 2.34. The summed E-state index contributed by atoms with van der Waals surface area (Å²) < 4.78 is 7.40. The number of methoxy groups -OCH3 is 1. The summed E-state index contributed by atoms with van der Waals surface area (Å²) in [5.74, 6) is -0.586. The number of hydrogen-bond donors (Lipinski definition) is 2. The number of hydrogen-bond acceptors (Lipinski definition) is 5. The molecular formula is C23H18ClN3O4S. The van der Waals surface area contributed by atoms with Crippen LogP contribution in [0.15, 0.2) is 70.8 Å². The number of halogens is 1. The van der Waals surface area contributed by atoms with Crippen molar-refractivity contribution in [2.75, 3.05) is 7.11 Å². The Balaban J connectivity index is 1.57. The summed E-state index contributed by atoms with van der Waals surface area (Å²) in [5, 5.41) is 12.6. The maximum absolute atomic E-state index is 12.5. The van der Waals surface area contributed by atoms with Crippen LogP contribution in [-0.2, 0) is 16.0 Å². The van der Waals surface area contributed by atoms with Crippen LogP contribution in [0.4, 0.5) is 5.69 Å². The SMILES string of the molecule is COc1cc(-n2cccc2)c(Cl)cc1C=C1SC(=Nc2ccc(CC(=O)O)cc2)NC1=O. The molecule has 4 rings (SSSR count). The molecule has 0 unspecified atom stereocenters. The average molecular weight is 468 g/mol. The fourth-order valence-electron chi connectivity index (χ4n) is 3.14. The Morgan fingerprint density at radius 2 is 1.97 bits per heavy atom. The van der Waals surface area contributed by atoms with Gasteiger partial charge in [-0.25, -0.2) is 4.99 Å². The van der Waals surface area contributed by atoms with Crippen molar-refractivity contribution >= 4 is 52.2 Å². The molecule has 162 valence electrons. The minimum atomic E-state index is -0.894. The van der Waals surface area contributed by atoms with E-state index >= 15 is 0 Å². The molecule has 1 amide bonds. The number of carbonyl (C=O) groups excluding carboxylic acids is 1. The summed E-state index contributed by atoms with van der Waals surface area (Å²) in [6, 6.07) is 14.2. The van der Waals surface area contributed by atoms with Gasteiger partial charge in [0.25, 0.3) is 5.91 Å². The van der Waals surface area contributed by atoms with Gasteiger partial charge < -0.3 is 19.7 Å². The van der Waals surface area contributed by atoms with E-state index in [2.05, 4.69) is 10.3 Å². The van der Waals surface area contributed by atoms with E-state index in [-0.39, 0.29) is 12.3 Å². The molecule has 1 aromatic heterocycles. The fraction of sp³-hybridized carbons (Fsp3) is 0.0870. The molecule has 9 heteroatoms. The minimum absolute atomic E-state index is 0.0528. The number of rotatable bonds is 6. The number of carboxylic acid groups (broad SMARTS) is 1. The van der Waals surface area contributed by atoms with E-state index in [1.807, 2.05) is 35.2 Å². The van der Waals surface area contributed by atoms with Crippen LogP contribution in [0.2, 0.25) is 5.02 Å². The summed E-state index contributed by atoms with van der Waals surface area (Å²) in [6.07, 6.45) is 5.43. The molecule has 1 saturated heterocycles. The van der Waals surface area contributed by atoms with Crippen LogP contribution in [0.3, 0.4) is 0 Å². The standard InChI is InChI=1S/C23H18ClN3O4S/c1-31-19-13-18(27-8-2-3-9-27)17(24)11-15(19)12-20-22(30)26-23(32-20)25-16-6-4-14(5-7-16)10-21(28)29/h2-9,11-13H,10H2,1H3,(H,28,29)(H,25,26,30). The largest absolute Gasteiger partial charge is 0.496 e. The van der Waals surface area contributed by atoms with Crippen molar-refractivity contribution in [3.63, 3.8) is 0 Å². The number of ether oxygens (including phenoxy) is 1. The van der Waals surface area contributed by atoms with Gasteiger partial charge in [0.2, 0.25) is 0 Å². The second kappa shape index (κ2) is 9.33. The lowest BCUT2D eigenvalue weighted by Crippen LogP contribution is -2.19. The summed E-state index contributed by atoms with van der Waals surface area (Å²) in [4.78, 5) is 28.1. The Labute approximate surface area is 193 Å². The molecule has 2 heterocycles. The van der Waals surface area contributed by atoms with Crippen molar-refractivity contribution in [2.24, 2.45) is 4.99 Å². The highest BCUT2D eigenvalue weighted by atomic mass is 35.5. The number of carboxylic acids is 1. The lowest BCUT2D eigenvalue weighted by atomic mass is 10.1. The van der Waals surface area contributed by atoms with Gasteiger partial charge in [0.05, 0.1) is 34.8 Å². The molecule has 32 heavy (non-hydrogen) atoms. The lowest BCUT2D eigenvalue weighted by molar-refractivity contribution is -0.136. The first-order chi connectivity index (χ1) is 15.4. The number of aliphatic carboxylic acids is 1. The van der Waals surface area contributed by atoms with Crippen molar-refractivity contribution in [1.82, 2.24) is 9.88 Å². The topological polar surface area (TPSA) is 92.9 Å². The van der Waals surface area contributed by atoms with E-state index < -0.39 is 5.97 Å². The van der Waals surface area contributed by atoms with Crippen molar-refractivity contribution in [2.45, 2.75) is 6.42 Å². The Kier molecular flexibility index (Phi) is 6.34. The number of amides is 1. The Morgan fingerprint density at radius 1 is 1.25 bits per heavy atom. The van der Waals surface area contributed by atoms with Crippen LogP contribution in [0, 0.1) is 0 Å². The Bertz CT molecular complexity index is 1230. The van der Waals surface area contributed by atoms with Gasteiger partial charge in [0, 0.05) is 24.0 Å². The third-order valence-electron chi connectivity index (χ3n) is 4.64. The molecule has 2 aromatic carbocycles. The van der Waals surface area contributed by atoms with E-state index in [1.165, 1.54) is 11.8 Å². The molecule has 0 bridgehead atoms. The Morgan fingerprint density at radius 3 is 2.62 bits per heavy atom. The zero-order valence-electron chi connectivity index (χ0n) is 16.9. The maximum atomic E-state index is 12.5. The van der Waals surface area contributed by atoms with E-state index in [1.54, 1.807) is 43.5 Å². The van der Waals surface area contributed by atoms with Gasteiger partial charge in [0.1, 0.15) is 5.75 Å². The normalized spacial score (nSPS) is 15.9. The van der Waals surface area contributed by atoms with Crippen LogP contribution in [-0.4, -0.2) is 33.8 Å². The number of thioether (sulfide) groups is 1.